The zero-order valence-electron chi connectivity index (χ0n) is 15.0. The van der Waals surface area contributed by atoms with Crippen molar-refractivity contribution in [1.82, 2.24) is 4.31 Å². The van der Waals surface area contributed by atoms with Gasteiger partial charge in [-0.3, -0.25) is 4.79 Å². The molecular formula is C21H16BrFN2O3S. The summed E-state index contributed by atoms with van der Waals surface area (Å²) in [7, 11) is -4.10. The molecule has 3 aromatic carbocycles. The van der Waals surface area contributed by atoms with Crippen LogP contribution in [0.1, 0.15) is 17.2 Å². The van der Waals surface area contributed by atoms with Crippen molar-refractivity contribution in [3.63, 3.8) is 0 Å². The highest BCUT2D eigenvalue weighted by molar-refractivity contribution is 9.10. The van der Waals surface area contributed by atoms with Gasteiger partial charge in [0.25, 0.3) is 0 Å². The molecule has 0 radical (unpaired) electrons. The summed E-state index contributed by atoms with van der Waals surface area (Å²) in [6.07, 6.45) is 0. The second-order valence-electron chi connectivity index (χ2n) is 6.60. The SMILES string of the molecule is O=C1CN(S(=O)(=O)c2ccc(F)cc2)C(c2ccccc2)c2cc(Br)ccc2N1. The number of carbonyl (C=O) groups is 1. The molecule has 5 nitrogen and oxygen atoms in total. The van der Waals surface area contributed by atoms with E-state index < -0.39 is 27.8 Å². The lowest BCUT2D eigenvalue weighted by Gasteiger charge is -2.29. The van der Waals surface area contributed by atoms with Crippen molar-refractivity contribution in [3.05, 3.63) is 94.2 Å². The molecule has 1 aliphatic rings. The third-order valence-corrected chi connectivity index (χ3v) is 7.02. The van der Waals surface area contributed by atoms with Crippen LogP contribution in [-0.4, -0.2) is 25.2 Å². The maximum absolute atomic E-state index is 13.5. The van der Waals surface area contributed by atoms with Gasteiger partial charge in [0.05, 0.1) is 17.5 Å². The van der Waals surface area contributed by atoms with Gasteiger partial charge >= 0.3 is 0 Å². The molecule has 29 heavy (non-hydrogen) atoms. The molecule has 0 fully saturated rings. The molecule has 0 saturated heterocycles. The quantitative estimate of drug-likeness (QED) is 0.614. The summed E-state index contributed by atoms with van der Waals surface area (Å²) in [6, 6.07) is 18.3. The van der Waals surface area contributed by atoms with E-state index in [4.69, 9.17) is 0 Å². The number of amides is 1. The summed E-state index contributed by atoms with van der Waals surface area (Å²) >= 11 is 3.43. The van der Waals surface area contributed by atoms with Crippen molar-refractivity contribution in [1.29, 1.82) is 0 Å². The standard InChI is InChI=1S/C21H16BrFN2O3S/c22-15-6-11-19-18(12-15)21(14-4-2-1-3-5-14)25(13-20(26)24-19)29(27,28)17-9-7-16(23)8-10-17/h1-12,21H,13H2,(H,24,26). The summed E-state index contributed by atoms with van der Waals surface area (Å²) in [5, 5.41) is 2.79. The number of nitrogens with zero attached hydrogens (tertiary/aromatic N) is 1. The number of fused-ring (bicyclic) bond motifs is 1. The van der Waals surface area contributed by atoms with Gasteiger partial charge in [0.2, 0.25) is 15.9 Å². The molecule has 0 aliphatic carbocycles. The number of rotatable bonds is 3. The molecule has 0 saturated carbocycles. The second kappa shape index (κ2) is 7.70. The highest BCUT2D eigenvalue weighted by atomic mass is 79.9. The molecule has 1 aliphatic heterocycles. The Hall–Kier alpha value is -2.55. The average molecular weight is 475 g/mol. The minimum atomic E-state index is -4.10. The summed E-state index contributed by atoms with van der Waals surface area (Å²) < 4.78 is 42.2. The van der Waals surface area contributed by atoms with Gasteiger partial charge in [0, 0.05) is 10.2 Å². The normalized spacial score (nSPS) is 17.3. The highest BCUT2D eigenvalue weighted by Crippen LogP contribution is 2.39. The number of nitrogens with one attached hydrogen (secondary N) is 1. The maximum atomic E-state index is 13.5. The van der Waals surface area contributed by atoms with E-state index in [9.17, 15) is 17.6 Å². The lowest BCUT2D eigenvalue weighted by Crippen LogP contribution is -2.38. The Labute approximate surface area is 176 Å². The zero-order valence-corrected chi connectivity index (χ0v) is 17.5. The molecule has 3 aromatic rings. The van der Waals surface area contributed by atoms with Crippen LogP contribution in [0.2, 0.25) is 0 Å². The van der Waals surface area contributed by atoms with Gasteiger partial charge < -0.3 is 5.32 Å². The summed E-state index contributed by atoms with van der Waals surface area (Å²) in [4.78, 5) is 12.5. The van der Waals surface area contributed by atoms with Crippen molar-refractivity contribution < 1.29 is 17.6 Å². The largest absolute Gasteiger partial charge is 0.325 e. The van der Waals surface area contributed by atoms with Gasteiger partial charge in [-0.2, -0.15) is 4.31 Å². The van der Waals surface area contributed by atoms with E-state index in [2.05, 4.69) is 21.2 Å². The Balaban J connectivity index is 1.95. The van der Waals surface area contributed by atoms with Gasteiger partial charge in [-0.15, -0.1) is 0 Å². The van der Waals surface area contributed by atoms with Crippen molar-refractivity contribution in [2.75, 3.05) is 11.9 Å². The number of carbonyl (C=O) groups excluding carboxylic acids is 1. The number of halogens is 2. The van der Waals surface area contributed by atoms with Crippen molar-refractivity contribution in [2.45, 2.75) is 10.9 Å². The average Bonchev–Trinajstić information content (AvgIpc) is 2.85. The zero-order chi connectivity index (χ0) is 20.6. The van der Waals surface area contributed by atoms with Crippen LogP contribution in [0.3, 0.4) is 0 Å². The molecule has 4 rings (SSSR count). The minimum absolute atomic E-state index is 0.0777. The van der Waals surface area contributed by atoms with E-state index in [-0.39, 0.29) is 11.4 Å². The summed E-state index contributed by atoms with van der Waals surface area (Å²) in [5.41, 5.74) is 1.90. The third kappa shape index (κ3) is 3.83. The monoisotopic (exact) mass is 474 g/mol. The molecule has 1 unspecified atom stereocenters. The molecule has 0 spiro atoms. The van der Waals surface area contributed by atoms with Crippen molar-refractivity contribution >= 4 is 37.5 Å². The smallest absolute Gasteiger partial charge is 0.244 e. The van der Waals surface area contributed by atoms with Gasteiger partial charge in [0.1, 0.15) is 5.82 Å². The lowest BCUT2D eigenvalue weighted by molar-refractivity contribution is -0.116. The number of hydrogen-bond donors (Lipinski definition) is 1. The predicted molar refractivity (Wildman–Crippen MR) is 111 cm³/mol. The van der Waals surface area contributed by atoms with Crippen molar-refractivity contribution in [3.8, 4) is 0 Å². The molecule has 8 heteroatoms. The summed E-state index contributed by atoms with van der Waals surface area (Å²) in [5.74, 6) is -0.982. The van der Waals surface area contributed by atoms with Gasteiger partial charge in [-0.05, 0) is 53.6 Å². The molecule has 1 amide bonds. The first kappa shape index (κ1) is 19.8. The van der Waals surface area contributed by atoms with Gasteiger partial charge in [0.15, 0.2) is 0 Å². The van der Waals surface area contributed by atoms with Crippen LogP contribution >= 0.6 is 15.9 Å². The Bertz CT molecular complexity index is 1170. The van der Waals surface area contributed by atoms with E-state index in [1.54, 1.807) is 18.2 Å². The second-order valence-corrected chi connectivity index (χ2v) is 9.40. The molecule has 148 valence electrons. The summed E-state index contributed by atoms with van der Waals surface area (Å²) in [6.45, 7) is -0.369. The first-order chi connectivity index (χ1) is 13.9. The van der Waals surface area contributed by atoms with E-state index in [1.807, 2.05) is 30.3 Å². The fourth-order valence-corrected chi connectivity index (χ4v) is 5.33. The van der Waals surface area contributed by atoms with Crippen LogP contribution < -0.4 is 5.32 Å². The Morgan fingerprint density at radius 3 is 2.38 bits per heavy atom. The Morgan fingerprint density at radius 2 is 1.69 bits per heavy atom. The first-order valence-electron chi connectivity index (χ1n) is 8.78. The number of anilines is 1. The highest BCUT2D eigenvalue weighted by Gasteiger charge is 2.38. The van der Waals surface area contributed by atoms with Gasteiger partial charge in [-0.25, -0.2) is 12.8 Å². The van der Waals surface area contributed by atoms with E-state index in [0.717, 1.165) is 20.9 Å². The third-order valence-electron chi connectivity index (χ3n) is 4.71. The lowest BCUT2D eigenvalue weighted by atomic mass is 9.97. The molecule has 1 N–H and O–H groups in total. The molecule has 1 heterocycles. The van der Waals surface area contributed by atoms with Crippen LogP contribution in [0.5, 0.6) is 0 Å². The van der Waals surface area contributed by atoms with Gasteiger partial charge in [-0.1, -0.05) is 46.3 Å². The van der Waals surface area contributed by atoms with Crippen molar-refractivity contribution in [2.24, 2.45) is 0 Å². The van der Waals surface area contributed by atoms with Crippen LogP contribution in [0.25, 0.3) is 0 Å². The first-order valence-corrected chi connectivity index (χ1v) is 11.0. The number of hydrogen-bond acceptors (Lipinski definition) is 3. The predicted octanol–water partition coefficient (Wildman–Crippen LogP) is 4.32. The van der Waals surface area contributed by atoms with E-state index in [1.165, 1.54) is 12.1 Å². The maximum Gasteiger partial charge on any atom is 0.244 e. The van der Waals surface area contributed by atoms with Crippen LogP contribution in [0.15, 0.2) is 82.2 Å². The minimum Gasteiger partial charge on any atom is -0.325 e. The Morgan fingerprint density at radius 1 is 1.00 bits per heavy atom. The molecular weight excluding hydrogens is 459 g/mol. The molecule has 0 bridgehead atoms. The topological polar surface area (TPSA) is 66.5 Å². The fraction of sp³-hybridized carbons (Fsp3) is 0.0952. The van der Waals surface area contributed by atoms with E-state index in [0.29, 0.717) is 16.8 Å². The number of sulfonamides is 1. The van der Waals surface area contributed by atoms with E-state index >= 15 is 0 Å². The fourth-order valence-electron chi connectivity index (χ4n) is 3.40. The van der Waals surface area contributed by atoms with Crippen LogP contribution in [0, 0.1) is 5.82 Å². The molecule has 1 atom stereocenters. The molecule has 0 aromatic heterocycles. The van der Waals surface area contributed by atoms with Crippen LogP contribution in [-0.2, 0) is 14.8 Å². The number of benzene rings is 3. The van der Waals surface area contributed by atoms with Crippen LogP contribution in [0.4, 0.5) is 10.1 Å². The Kier molecular flexibility index (Phi) is 5.24.